The molecule has 385 valence electrons. The van der Waals surface area contributed by atoms with Crippen molar-refractivity contribution in [2.24, 2.45) is 0 Å². The topological polar surface area (TPSA) is 152 Å². The molecule has 5 heterocycles. The Kier molecular flexibility index (Phi) is 25.5. The van der Waals surface area contributed by atoms with Crippen molar-refractivity contribution in [1.82, 2.24) is 28.7 Å². The largest absolute Gasteiger partial charge is 0.494 e. The van der Waals surface area contributed by atoms with Crippen molar-refractivity contribution in [3.05, 3.63) is 135 Å². The van der Waals surface area contributed by atoms with Crippen LogP contribution in [-0.2, 0) is 48.9 Å². The Bertz CT molecular complexity index is 2770. The zero-order chi connectivity index (χ0) is 49.9. The van der Waals surface area contributed by atoms with E-state index >= 15 is 0 Å². The van der Waals surface area contributed by atoms with Crippen molar-refractivity contribution >= 4 is 154 Å². The van der Waals surface area contributed by atoms with E-state index in [0.29, 0.717) is 12.8 Å². The van der Waals surface area contributed by atoms with Gasteiger partial charge in [-0.05, 0) is 145 Å². The Morgan fingerprint density at radius 3 is 1.09 bits per heavy atom. The monoisotopic (exact) mass is 1330 g/mol. The van der Waals surface area contributed by atoms with Gasteiger partial charge in [-0.25, -0.2) is 28.1 Å². The van der Waals surface area contributed by atoms with Crippen molar-refractivity contribution in [1.29, 1.82) is 0 Å². The smallest absolute Gasteiger partial charge is 0.399 e. The number of piperazine rings is 2. The fourth-order valence-corrected chi connectivity index (χ4v) is 9.71. The first kappa shape index (κ1) is 65.4. The average molecular weight is 1330 g/mol. The maximum Gasteiger partial charge on any atom is 0.494 e. The minimum absolute atomic E-state index is 0. The summed E-state index contributed by atoms with van der Waals surface area (Å²) in [4.78, 5) is 35.2. The van der Waals surface area contributed by atoms with Gasteiger partial charge in [0.25, 0.3) is 0 Å². The van der Waals surface area contributed by atoms with Crippen LogP contribution in [-0.4, -0.2) is 225 Å². The molecule has 22 heteroatoms. The van der Waals surface area contributed by atoms with Crippen LogP contribution in [0.15, 0.2) is 124 Å². The van der Waals surface area contributed by atoms with Crippen LogP contribution in [0.4, 0.5) is 22.7 Å². The van der Waals surface area contributed by atoms with Crippen LogP contribution >= 0.6 is 15.9 Å². The van der Waals surface area contributed by atoms with Crippen molar-refractivity contribution in [2.45, 2.75) is 104 Å². The van der Waals surface area contributed by atoms with Crippen molar-refractivity contribution < 1.29 is 59.1 Å². The number of rotatable bonds is 13. The molecule has 3 fully saturated rings. The Hall–Kier alpha value is -1.11. The molecule has 2 aromatic heterocycles. The predicted octanol–water partition coefficient (Wildman–Crippen LogP) is 5.68. The van der Waals surface area contributed by atoms with E-state index in [1.54, 1.807) is 13.8 Å². The first-order valence-corrected chi connectivity index (χ1v) is 25.4. The summed E-state index contributed by atoms with van der Waals surface area (Å²) in [5.74, 6) is 0. The van der Waals surface area contributed by atoms with Crippen molar-refractivity contribution in [3.8, 4) is 11.4 Å². The van der Waals surface area contributed by atoms with E-state index in [1.807, 2.05) is 38.1 Å². The summed E-state index contributed by atoms with van der Waals surface area (Å²) in [6.45, 7) is 23.0. The number of aromatic nitrogens is 6. The molecule has 4 aromatic carbocycles. The molecule has 0 spiro atoms. The zero-order valence-electron chi connectivity index (χ0n) is 44.6. The Balaban J connectivity index is 0.000000311. The van der Waals surface area contributed by atoms with Crippen LogP contribution in [0.2, 0.25) is 0 Å². The maximum absolute atomic E-state index is 12.9. The Morgan fingerprint density at radius 2 is 0.811 bits per heavy atom. The van der Waals surface area contributed by atoms with Gasteiger partial charge in [-0.15, -0.1) is 0 Å². The first-order valence-electron chi connectivity index (χ1n) is 24.6. The number of aliphatic hydroxyl groups excluding tert-OH is 2. The van der Waals surface area contributed by atoms with Gasteiger partial charge in [-0.3, -0.25) is 0 Å². The average Bonchev–Trinajstić information content (AvgIpc) is 4.00. The van der Waals surface area contributed by atoms with Gasteiger partial charge in [0.2, 0.25) is 0 Å². The molecule has 0 amide bonds. The Labute approximate surface area is 556 Å². The van der Waals surface area contributed by atoms with E-state index in [9.17, 15) is 19.8 Å². The van der Waals surface area contributed by atoms with Gasteiger partial charge in [0.1, 0.15) is 12.7 Å². The van der Waals surface area contributed by atoms with Gasteiger partial charge < -0.3 is 39.1 Å². The number of nitrogens with zero attached hydrogens (tertiary/aromatic N) is 10. The van der Waals surface area contributed by atoms with E-state index < -0.39 is 12.2 Å². The van der Waals surface area contributed by atoms with Crippen LogP contribution in [0.25, 0.3) is 11.4 Å². The molecule has 4 atom stereocenters. The molecular weight excluding hydrogens is 1260 g/mol. The van der Waals surface area contributed by atoms with Gasteiger partial charge in [0, 0.05) is 222 Å². The van der Waals surface area contributed by atoms with E-state index in [-0.39, 0.29) is 184 Å². The number of benzene rings is 4. The van der Waals surface area contributed by atoms with Gasteiger partial charge >= 0.3 is 18.5 Å². The normalized spacial score (nSPS) is 17.6. The molecular formula is C52H68BBrK2N10O6VW. The van der Waals surface area contributed by atoms with Crippen LogP contribution in [0.3, 0.4) is 0 Å². The number of anilines is 4. The number of aliphatic hydroxyl groups is 2. The van der Waals surface area contributed by atoms with Gasteiger partial charge in [-0.2, -0.15) is 10.2 Å². The minimum Gasteiger partial charge on any atom is -0.399 e. The van der Waals surface area contributed by atoms with Crippen LogP contribution in [0, 0.1) is 0 Å². The quantitative estimate of drug-likeness (QED) is 0.137. The summed E-state index contributed by atoms with van der Waals surface area (Å²) in [6, 6.07) is 32.3. The van der Waals surface area contributed by atoms with E-state index in [2.05, 4.69) is 146 Å². The molecule has 3 aliphatic heterocycles. The van der Waals surface area contributed by atoms with Crippen molar-refractivity contribution in [2.75, 3.05) is 72.0 Å². The molecule has 74 heavy (non-hydrogen) atoms. The molecule has 16 nitrogen and oxygen atoms in total. The van der Waals surface area contributed by atoms with Gasteiger partial charge in [0.05, 0.1) is 46.9 Å². The Morgan fingerprint density at radius 1 is 0.541 bits per heavy atom. The number of hydrogen-bond acceptors (Lipinski definition) is 12. The van der Waals surface area contributed by atoms with Gasteiger partial charge in [0.15, 0.2) is 0 Å². The zero-order valence-corrected chi connectivity index (χ0v) is 56.7. The molecule has 0 aliphatic carbocycles. The third kappa shape index (κ3) is 15.0. The molecule has 2 N–H and O–H groups in total. The fourth-order valence-electron chi connectivity index (χ4n) is 9.45. The summed E-state index contributed by atoms with van der Waals surface area (Å²) in [5, 5.41) is 28.4. The second-order valence-electron chi connectivity index (χ2n) is 19.5. The molecule has 9 rings (SSSR count). The number of halogens is 1. The minimum atomic E-state index is -0.648. The summed E-state index contributed by atoms with van der Waals surface area (Å²) in [7, 11) is -0.347. The standard InChI is InChI=1S/C29H40BN5O4.C23H28BrN5O2.2K.V.W/c1-7-26(21(2)36)35-27(37)34(20-31-35)25-14-12-24(13-15-25)33-18-16-32(17-19-33)23-10-8-22(9-11-23)30-38-28(3,4)29(5,6)39-30;1-3-22(17(2)30)29-23(31)28(16-25-29)21-10-8-20(9-11-21)27-14-12-26(13-15-27)19-6-4-18(24)5-7-19;;;;/h8-15,20-21,26,36H,7,16-19H2,1-6H3;4-11,16-17,22,30H,3,12-15H2,1-2H3;;;;. The molecule has 3 saturated heterocycles. The van der Waals surface area contributed by atoms with E-state index in [1.165, 1.54) is 42.5 Å². The predicted molar refractivity (Wildman–Crippen MR) is 294 cm³/mol. The third-order valence-corrected chi connectivity index (χ3v) is 15.0. The van der Waals surface area contributed by atoms with Gasteiger partial charge in [-0.1, -0.05) is 41.9 Å². The summed E-state index contributed by atoms with van der Waals surface area (Å²) in [5.41, 5.74) is 6.13. The maximum atomic E-state index is 12.9. The summed E-state index contributed by atoms with van der Waals surface area (Å²) >= 11 is 3.49. The summed E-state index contributed by atoms with van der Waals surface area (Å²) < 4.78 is 19.3. The molecule has 3 radical (unpaired) electrons. The van der Waals surface area contributed by atoms with Crippen LogP contribution in [0.1, 0.15) is 80.3 Å². The molecule has 6 aromatic rings. The van der Waals surface area contributed by atoms with Crippen LogP contribution in [0.5, 0.6) is 0 Å². The fraction of sp³-hybridized carbons (Fsp3) is 0.462. The van der Waals surface area contributed by atoms with Crippen LogP contribution < -0.4 is 36.4 Å². The second kappa shape index (κ2) is 28.9. The second-order valence-corrected chi connectivity index (χ2v) is 20.4. The molecule has 0 saturated carbocycles. The molecule has 0 bridgehead atoms. The van der Waals surface area contributed by atoms with E-state index in [4.69, 9.17) is 9.31 Å². The SMILES string of the molecule is CCC(C(C)O)n1ncn(-c2ccc(N3CCN(c4ccc(B5OC(C)(C)C(C)(C)O5)cc4)CC3)cc2)c1=O.CCC(C(C)O)n1ncn(-c2ccc(N3CCN(c4ccc(Br)cc4)CC3)cc2)c1=O.[K].[K].[V].[W]. The van der Waals surface area contributed by atoms with E-state index in [0.717, 1.165) is 85.0 Å². The third-order valence-electron chi connectivity index (χ3n) is 14.5. The number of hydrogen-bond donors (Lipinski definition) is 2. The first-order chi connectivity index (χ1) is 33.5. The molecule has 4 unspecified atom stereocenters. The molecule has 3 aliphatic rings. The van der Waals surface area contributed by atoms with Crippen molar-refractivity contribution in [3.63, 3.8) is 0 Å². The summed E-state index contributed by atoms with van der Waals surface area (Å²) in [6.07, 6.45) is 3.04.